The summed E-state index contributed by atoms with van der Waals surface area (Å²) in [5.74, 6) is -1.19. The van der Waals surface area contributed by atoms with Gasteiger partial charge in [0.1, 0.15) is 5.82 Å². The second-order valence-electron chi connectivity index (χ2n) is 7.40. The van der Waals surface area contributed by atoms with Crippen molar-refractivity contribution in [3.63, 3.8) is 0 Å². The monoisotopic (exact) mass is 409 g/mol. The van der Waals surface area contributed by atoms with Crippen molar-refractivity contribution in [2.75, 3.05) is 10.6 Å². The van der Waals surface area contributed by atoms with E-state index < -0.39 is 11.7 Å². The molecule has 0 unspecified atom stereocenters. The number of nitrogens with one attached hydrogen (secondary N) is 2. The molecule has 0 spiro atoms. The lowest BCUT2D eigenvalue weighted by Crippen LogP contribution is -2.43. The number of anilines is 3. The molecule has 2 heterocycles. The van der Waals surface area contributed by atoms with Gasteiger partial charge in [-0.05, 0) is 43.2 Å². The van der Waals surface area contributed by atoms with E-state index >= 15 is 0 Å². The molecule has 3 aromatic rings. The Balaban J connectivity index is 1.64. The number of nitrogens with zero attached hydrogens (tertiary/aromatic N) is 3. The van der Waals surface area contributed by atoms with E-state index in [0.29, 0.717) is 5.69 Å². The first-order valence-electron chi connectivity index (χ1n) is 9.91. The maximum atomic E-state index is 14.6. The quantitative estimate of drug-likeness (QED) is 0.496. The van der Waals surface area contributed by atoms with Crippen molar-refractivity contribution >= 4 is 23.2 Å². The maximum absolute atomic E-state index is 14.6. The largest absolute Gasteiger partial charge is 0.365 e. The van der Waals surface area contributed by atoms with E-state index in [4.69, 9.17) is 11.5 Å². The molecule has 8 nitrogen and oxygen atoms in total. The predicted molar refractivity (Wildman–Crippen MR) is 113 cm³/mol. The lowest BCUT2D eigenvalue weighted by atomic mass is 9.91. The minimum atomic E-state index is -0.770. The minimum Gasteiger partial charge on any atom is -0.365 e. The molecular formula is C21H24FN7O. The summed E-state index contributed by atoms with van der Waals surface area (Å²) >= 11 is 0. The molecule has 1 saturated carbocycles. The predicted octanol–water partition coefficient (Wildman–Crippen LogP) is 2.93. The molecule has 156 valence electrons. The van der Waals surface area contributed by atoms with Gasteiger partial charge in [0.05, 0.1) is 11.3 Å². The van der Waals surface area contributed by atoms with Crippen molar-refractivity contribution < 1.29 is 9.18 Å². The maximum Gasteiger partial charge on any atom is 0.252 e. The Bertz CT molecular complexity index is 1040. The van der Waals surface area contributed by atoms with Crippen LogP contribution in [0.4, 0.5) is 21.7 Å². The summed E-state index contributed by atoms with van der Waals surface area (Å²) in [6, 6.07) is 10.2. The van der Waals surface area contributed by atoms with Gasteiger partial charge < -0.3 is 22.1 Å². The van der Waals surface area contributed by atoms with Crippen LogP contribution in [0.3, 0.4) is 0 Å². The summed E-state index contributed by atoms with van der Waals surface area (Å²) in [5, 5.41) is 10.4. The molecule has 4 rings (SSSR count). The Labute approximate surface area is 173 Å². The molecule has 2 atom stereocenters. The van der Waals surface area contributed by atoms with E-state index in [0.717, 1.165) is 37.4 Å². The SMILES string of the molecule is NC(=O)c1cc(F)c(N[C@@H]2CCCC[C@@H]2N)nc1Nc1cccc(-n2cccn2)c1. The standard InChI is InChI=1S/C21H24FN7O/c22-16-12-15(19(24)30)20(28-21(16)27-18-8-2-1-7-17(18)23)26-13-5-3-6-14(11-13)29-10-4-9-25-29/h3-6,9-12,17-18H,1-2,7-8,23H2,(H2,24,30)(H2,26,27,28)/t17-,18+/m0/s1. The van der Waals surface area contributed by atoms with Crippen LogP contribution in [0.15, 0.2) is 48.8 Å². The van der Waals surface area contributed by atoms with Crippen LogP contribution >= 0.6 is 0 Å². The summed E-state index contributed by atoms with van der Waals surface area (Å²) in [6.45, 7) is 0. The van der Waals surface area contributed by atoms with Gasteiger partial charge in [0, 0.05) is 30.2 Å². The van der Waals surface area contributed by atoms with E-state index in [1.807, 2.05) is 36.5 Å². The third kappa shape index (κ3) is 4.25. The summed E-state index contributed by atoms with van der Waals surface area (Å²) in [7, 11) is 0. The number of amides is 1. The summed E-state index contributed by atoms with van der Waals surface area (Å²) in [5.41, 5.74) is 13.1. The molecule has 2 aromatic heterocycles. The van der Waals surface area contributed by atoms with E-state index in [-0.39, 0.29) is 29.3 Å². The van der Waals surface area contributed by atoms with Crippen LogP contribution in [-0.2, 0) is 0 Å². The Morgan fingerprint density at radius 3 is 2.73 bits per heavy atom. The third-order valence-corrected chi connectivity index (χ3v) is 5.26. The molecule has 1 aliphatic rings. The van der Waals surface area contributed by atoms with Crippen molar-refractivity contribution in [3.05, 3.63) is 60.2 Å². The number of hydrogen-bond acceptors (Lipinski definition) is 6. The van der Waals surface area contributed by atoms with Crippen LogP contribution in [-0.4, -0.2) is 32.8 Å². The molecule has 0 saturated heterocycles. The highest BCUT2D eigenvalue weighted by atomic mass is 19.1. The molecule has 1 amide bonds. The van der Waals surface area contributed by atoms with Crippen LogP contribution in [0.5, 0.6) is 0 Å². The van der Waals surface area contributed by atoms with Gasteiger partial charge >= 0.3 is 0 Å². The molecular weight excluding hydrogens is 385 g/mol. The first kappa shape index (κ1) is 19.8. The Kier molecular flexibility index (Phi) is 5.62. The molecule has 1 aliphatic carbocycles. The number of hydrogen-bond donors (Lipinski definition) is 4. The van der Waals surface area contributed by atoms with E-state index in [9.17, 15) is 9.18 Å². The average molecular weight is 409 g/mol. The second-order valence-corrected chi connectivity index (χ2v) is 7.40. The Morgan fingerprint density at radius 2 is 2.00 bits per heavy atom. The summed E-state index contributed by atoms with van der Waals surface area (Å²) in [6.07, 6.45) is 7.31. The fraction of sp³-hybridized carbons (Fsp3) is 0.286. The van der Waals surface area contributed by atoms with Gasteiger partial charge in [-0.1, -0.05) is 18.9 Å². The molecule has 0 bridgehead atoms. The zero-order valence-electron chi connectivity index (χ0n) is 16.4. The molecule has 6 N–H and O–H groups in total. The van der Waals surface area contributed by atoms with Crippen LogP contribution < -0.4 is 22.1 Å². The zero-order valence-corrected chi connectivity index (χ0v) is 16.4. The van der Waals surface area contributed by atoms with Gasteiger partial charge in [-0.25, -0.2) is 14.1 Å². The number of primary amides is 1. The highest BCUT2D eigenvalue weighted by Gasteiger charge is 2.24. The van der Waals surface area contributed by atoms with Crippen LogP contribution in [0.25, 0.3) is 5.69 Å². The van der Waals surface area contributed by atoms with E-state index in [2.05, 4.69) is 20.7 Å². The number of nitrogens with two attached hydrogens (primary N) is 2. The van der Waals surface area contributed by atoms with E-state index in [1.54, 1.807) is 10.9 Å². The lowest BCUT2D eigenvalue weighted by molar-refractivity contribution is 0.100. The van der Waals surface area contributed by atoms with Crippen molar-refractivity contribution in [1.82, 2.24) is 14.8 Å². The van der Waals surface area contributed by atoms with Crippen molar-refractivity contribution in [2.45, 2.75) is 37.8 Å². The minimum absolute atomic E-state index is 0.0320. The van der Waals surface area contributed by atoms with Gasteiger partial charge in [-0.2, -0.15) is 5.10 Å². The fourth-order valence-corrected chi connectivity index (χ4v) is 3.67. The highest BCUT2D eigenvalue weighted by molar-refractivity contribution is 5.98. The van der Waals surface area contributed by atoms with Crippen molar-refractivity contribution in [3.8, 4) is 5.69 Å². The molecule has 1 fully saturated rings. The number of rotatable bonds is 6. The van der Waals surface area contributed by atoms with Gasteiger partial charge in [-0.15, -0.1) is 0 Å². The number of aromatic nitrogens is 3. The van der Waals surface area contributed by atoms with Crippen LogP contribution in [0.1, 0.15) is 36.0 Å². The smallest absolute Gasteiger partial charge is 0.252 e. The fourth-order valence-electron chi connectivity index (χ4n) is 3.67. The van der Waals surface area contributed by atoms with Crippen molar-refractivity contribution in [1.29, 1.82) is 0 Å². The molecule has 30 heavy (non-hydrogen) atoms. The molecule has 9 heteroatoms. The Morgan fingerprint density at radius 1 is 1.17 bits per heavy atom. The summed E-state index contributed by atoms with van der Waals surface area (Å²) in [4.78, 5) is 16.2. The van der Waals surface area contributed by atoms with E-state index in [1.165, 1.54) is 0 Å². The first-order valence-corrected chi connectivity index (χ1v) is 9.91. The van der Waals surface area contributed by atoms with Gasteiger partial charge in [-0.3, -0.25) is 4.79 Å². The van der Waals surface area contributed by atoms with Gasteiger partial charge in [0.25, 0.3) is 5.91 Å². The van der Waals surface area contributed by atoms with Gasteiger partial charge in [0.2, 0.25) is 0 Å². The molecule has 0 radical (unpaired) electrons. The van der Waals surface area contributed by atoms with Crippen molar-refractivity contribution in [2.24, 2.45) is 11.5 Å². The number of benzene rings is 1. The second kappa shape index (κ2) is 8.50. The molecule has 0 aliphatic heterocycles. The normalized spacial score (nSPS) is 18.7. The van der Waals surface area contributed by atoms with Gasteiger partial charge in [0.15, 0.2) is 11.6 Å². The summed E-state index contributed by atoms with van der Waals surface area (Å²) < 4.78 is 16.4. The third-order valence-electron chi connectivity index (χ3n) is 5.26. The highest BCUT2D eigenvalue weighted by Crippen LogP contribution is 2.27. The number of carbonyl (C=O) groups is 1. The molecule has 1 aromatic carbocycles. The average Bonchev–Trinajstić information content (AvgIpc) is 3.27. The number of carbonyl (C=O) groups excluding carboxylic acids is 1. The number of halogens is 1. The first-order chi connectivity index (χ1) is 14.5. The Hall–Kier alpha value is -3.46. The lowest BCUT2D eigenvalue weighted by Gasteiger charge is -2.30. The zero-order chi connectivity index (χ0) is 21.1. The topological polar surface area (TPSA) is 124 Å². The van der Waals surface area contributed by atoms with Crippen LogP contribution in [0, 0.1) is 5.82 Å². The number of pyridine rings is 1. The van der Waals surface area contributed by atoms with Crippen LogP contribution in [0.2, 0.25) is 0 Å².